The minimum absolute atomic E-state index is 0.0727. The molecule has 0 amide bonds. The first-order valence-electron chi connectivity index (χ1n) is 4.56. The molecule has 1 fully saturated rings. The molecule has 2 atom stereocenters. The quantitative estimate of drug-likeness (QED) is 0.826. The zero-order chi connectivity index (χ0) is 10.4. The van der Waals surface area contributed by atoms with E-state index in [2.05, 4.69) is 15.0 Å². The van der Waals surface area contributed by atoms with E-state index < -0.39 is 5.97 Å². The predicted octanol–water partition coefficient (Wildman–Crippen LogP) is 1.27. The van der Waals surface area contributed by atoms with Crippen molar-refractivity contribution >= 4 is 27.8 Å². The fourth-order valence-electron chi connectivity index (χ4n) is 1.59. The summed E-state index contributed by atoms with van der Waals surface area (Å²) < 4.78 is 0. The first-order chi connectivity index (χ1) is 7.25. The number of carboxylic acids is 1. The maximum Gasteiger partial charge on any atom is 0.307 e. The average Bonchev–Trinajstić information content (AvgIpc) is 2.91. The lowest BCUT2D eigenvalue weighted by molar-refractivity contribution is -0.138. The van der Waals surface area contributed by atoms with Crippen molar-refractivity contribution in [1.82, 2.24) is 15.0 Å². The van der Waals surface area contributed by atoms with Crippen LogP contribution >= 0.6 is 11.3 Å². The number of aromatic nitrogens is 3. The first kappa shape index (κ1) is 8.72. The van der Waals surface area contributed by atoms with E-state index in [1.54, 1.807) is 12.4 Å². The Morgan fingerprint density at radius 2 is 2.27 bits per heavy atom. The molecule has 76 valence electrons. The summed E-state index contributed by atoms with van der Waals surface area (Å²) in [6.45, 7) is 0. The molecule has 0 radical (unpaired) electrons. The molecule has 0 saturated heterocycles. The van der Waals surface area contributed by atoms with E-state index in [1.165, 1.54) is 11.3 Å². The second-order valence-electron chi connectivity index (χ2n) is 3.52. The number of aliphatic carboxylic acids is 1. The third kappa shape index (κ3) is 1.37. The fourth-order valence-corrected chi connectivity index (χ4v) is 2.64. The molecule has 15 heavy (non-hydrogen) atoms. The van der Waals surface area contributed by atoms with Gasteiger partial charge in [0.05, 0.1) is 5.92 Å². The summed E-state index contributed by atoms with van der Waals surface area (Å²) in [5, 5.41) is 9.66. The summed E-state index contributed by atoms with van der Waals surface area (Å²) >= 11 is 1.44. The lowest BCUT2D eigenvalue weighted by Crippen LogP contribution is -1.98. The number of thiazole rings is 1. The van der Waals surface area contributed by atoms with Gasteiger partial charge in [-0.2, -0.15) is 0 Å². The van der Waals surface area contributed by atoms with Gasteiger partial charge >= 0.3 is 5.97 Å². The average molecular weight is 221 g/mol. The number of nitrogens with zero attached hydrogens (tertiary/aromatic N) is 3. The van der Waals surface area contributed by atoms with Crippen molar-refractivity contribution in [3.05, 3.63) is 17.4 Å². The Morgan fingerprint density at radius 1 is 1.47 bits per heavy atom. The van der Waals surface area contributed by atoms with Gasteiger partial charge in [0, 0.05) is 18.3 Å². The molecule has 2 unspecified atom stereocenters. The highest BCUT2D eigenvalue weighted by atomic mass is 32.1. The Hall–Kier alpha value is -1.56. The van der Waals surface area contributed by atoms with E-state index in [0.717, 1.165) is 9.84 Å². The zero-order valence-corrected chi connectivity index (χ0v) is 8.44. The Bertz CT molecular complexity index is 506. The normalized spacial score (nSPS) is 24.3. The van der Waals surface area contributed by atoms with Crippen LogP contribution in [0, 0.1) is 5.92 Å². The van der Waals surface area contributed by atoms with Gasteiger partial charge in [-0.25, -0.2) is 15.0 Å². The largest absolute Gasteiger partial charge is 0.481 e. The van der Waals surface area contributed by atoms with E-state index in [1.807, 2.05) is 0 Å². The highest BCUT2D eigenvalue weighted by Crippen LogP contribution is 2.49. The monoisotopic (exact) mass is 221 g/mol. The van der Waals surface area contributed by atoms with Crippen LogP contribution < -0.4 is 0 Å². The molecular weight excluding hydrogens is 214 g/mol. The van der Waals surface area contributed by atoms with E-state index >= 15 is 0 Å². The van der Waals surface area contributed by atoms with Gasteiger partial charge in [-0.3, -0.25) is 4.79 Å². The van der Waals surface area contributed by atoms with Crippen LogP contribution in [-0.2, 0) is 4.79 Å². The van der Waals surface area contributed by atoms with Crippen LogP contribution in [0.3, 0.4) is 0 Å². The van der Waals surface area contributed by atoms with Crippen molar-refractivity contribution in [2.24, 2.45) is 5.92 Å². The molecule has 0 bridgehead atoms. The summed E-state index contributed by atoms with van der Waals surface area (Å²) in [7, 11) is 0. The van der Waals surface area contributed by atoms with Gasteiger partial charge < -0.3 is 5.11 Å². The predicted molar refractivity (Wildman–Crippen MR) is 53.7 cm³/mol. The van der Waals surface area contributed by atoms with Crippen molar-refractivity contribution in [3.63, 3.8) is 0 Å². The van der Waals surface area contributed by atoms with Gasteiger partial charge in [-0.1, -0.05) is 11.3 Å². The molecule has 6 heteroatoms. The van der Waals surface area contributed by atoms with Gasteiger partial charge in [-0.05, 0) is 6.42 Å². The molecule has 2 aromatic heterocycles. The zero-order valence-electron chi connectivity index (χ0n) is 7.62. The SMILES string of the molecule is O=C(O)C1CC1c1nc2nccnc2s1. The number of hydrogen-bond acceptors (Lipinski definition) is 5. The summed E-state index contributed by atoms with van der Waals surface area (Å²) in [6, 6.07) is 0. The molecular formula is C9H7N3O2S. The first-order valence-corrected chi connectivity index (χ1v) is 5.37. The Labute approximate surface area is 88.8 Å². The number of carboxylic acid groups (broad SMARTS) is 1. The standard InChI is InChI=1S/C9H7N3O2S/c13-9(14)5-3-4(5)7-12-6-8(15-7)11-2-1-10-6/h1-2,4-5H,3H2,(H,13,14). The van der Waals surface area contributed by atoms with Crippen LogP contribution in [0.1, 0.15) is 17.3 Å². The number of fused-ring (bicyclic) bond motifs is 1. The van der Waals surface area contributed by atoms with Crippen molar-refractivity contribution in [1.29, 1.82) is 0 Å². The molecule has 0 aromatic carbocycles. The Balaban J connectivity index is 1.97. The second kappa shape index (κ2) is 2.96. The number of rotatable bonds is 2. The number of hydrogen-bond donors (Lipinski definition) is 1. The van der Waals surface area contributed by atoms with E-state index in [9.17, 15) is 4.79 Å². The molecule has 0 spiro atoms. The van der Waals surface area contributed by atoms with Gasteiger partial charge in [0.25, 0.3) is 0 Å². The minimum atomic E-state index is -0.736. The van der Waals surface area contributed by atoms with E-state index in [4.69, 9.17) is 5.11 Å². The number of carbonyl (C=O) groups is 1. The molecule has 2 aromatic rings. The highest BCUT2D eigenvalue weighted by molar-refractivity contribution is 7.18. The van der Waals surface area contributed by atoms with Crippen molar-refractivity contribution in [3.8, 4) is 0 Å². The van der Waals surface area contributed by atoms with E-state index in [0.29, 0.717) is 12.1 Å². The fraction of sp³-hybridized carbons (Fsp3) is 0.333. The van der Waals surface area contributed by atoms with Gasteiger partial charge in [-0.15, -0.1) is 0 Å². The summed E-state index contributed by atoms with van der Waals surface area (Å²) in [5.41, 5.74) is 0.619. The summed E-state index contributed by atoms with van der Waals surface area (Å²) in [5.74, 6) is -0.922. The lowest BCUT2D eigenvalue weighted by Gasteiger charge is -1.87. The van der Waals surface area contributed by atoms with Crippen LogP contribution in [0.5, 0.6) is 0 Å². The molecule has 1 saturated carbocycles. The third-order valence-corrected chi connectivity index (χ3v) is 3.57. The van der Waals surface area contributed by atoms with Crippen molar-refractivity contribution in [2.45, 2.75) is 12.3 Å². The van der Waals surface area contributed by atoms with Gasteiger partial charge in [0.2, 0.25) is 0 Å². The second-order valence-corrected chi connectivity index (χ2v) is 4.53. The topological polar surface area (TPSA) is 76.0 Å². The summed E-state index contributed by atoms with van der Waals surface area (Å²) in [4.78, 5) is 24.0. The van der Waals surface area contributed by atoms with Gasteiger partial charge in [0.15, 0.2) is 10.5 Å². The van der Waals surface area contributed by atoms with Crippen LogP contribution in [0.25, 0.3) is 10.5 Å². The molecule has 1 aliphatic rings. The molecule has 1 aliphatic carbocycles. The van der Waals surface area contributed by atoms with Crippen molar-refractivity contribution < 1.29 is 9.90 Å². The Kier molecular flexibility index (Phi) is 1.72. The molecule has 1 N–H and O–H groups in total. The van der Waals surface area contributed by atoms with E-state index in [-0.39, 0.29) is 11.8 Å². The molecule has 0 aliphatic heterocycles. The van der Waals surface area contributed by atoms with Crippen molar-refractivity contribution in [2.75, 3.05) is 0 Å². The molecule has 5 nitrogen and oxygen atoms in total. The molecule has 2 heterocycles. The lowest BCUT2D eigenvalue weighted by atomic mass is 10.3. The van der Waals surface area contributed by atoms with Crippen LogP contribution in [0.15, 0.2) is 12.4 Å². The van der Waals surface area contributed by atoms with Crippen LogP contribution in [-0.4, -0.2) is 26.0 Å². The van der Waals surface area contributed by atoms with Gasteiger partial charge in [0.1, 0.15) is 5.01 Å². The highest BCUT2D eigenvalue weighted by Gasteiger charge is 2.46. The smallest absolute Gasteiger partial charge is 0.307 e. The molecule has 3 rings (SSSR count). The maximum atomic E-state index is 10.7. The van der Waals surface area contributed by atoms with Crippen LogP contribution in [0.2, 0.25) is 0 Å². The minimum Gasteiger partial charge on any atom is -0.481 e. The Morgan fingerprint density at radius 3 is 2.93 bits per heavy atom. The van der Waals surface area contributed by atoms with Crippen LogP contribution in [0.4, 0.5) is 0 Å². The third-order valence-electron chi connectivity index (χ3n) is 2.49. The summed E-state index contributed by atoms with van der Waals surface area (Å²) in [6.07, 6.45) is 3.90. The maximum absolute atomic E-state index is 10.7.